The quantitative estimate of drug-likeness (QED) is 0.563. The summed E-state index contributed by atoms with van der Waals surface area (Å²) in [6.07, 6.45) is 0. The predicted octanol–water partition coefficient (Wildman–Crippen LogP) is 0.778. The van der Waals surface area contributed by atoms with Crippen LogP contribution in [0.1, 0.15) is 18.3 Å². The Labute approximate surface area is 120 Å². The third-order valence-corrected chi connectivity index (χ3v) is 3.63. The molecule has 0 saturated carbocycles. The van der Waals surface area contributed by atoms with E-state index in [0.29, 0.717) is 11.7 Å². The van der Waals surface area contributed by atoms with E-state index >= 15 is 0 Å². The fraction of sp³-hybridized carbons (Fsp3) is 0.500. The molecule has 18 heavy (non-hydrogen) atoms. The summed E-state index contributed by atoms with van der Waals surface area (Å²) >= 11 is 8.33. The van der Waals surface area contributed by atoms with E-state index in [1.807, 2.05) is 20.8 Å². The Morgan fingerprint density at radius 1 is 1.44 bits per heavy atom. The lowest BCUT2D eigenvalue weighted by Crippen LogP contribution is -2.47. The molecule has 1 aromatic heterocycles. The number of hydrogen-bond donors (Lipinski definition) is 3. The van der Waals surface area contributed by atoms with Gasteiger partial charge in [0.15, 0.2) is 5.11 Å². The van der Waals surface area contributed by atoms with Crippen LogP contribution in [0.2, 0.25) is 0 Å². The first kappa shape index (κ1) is 14.9. The van der Waals surface area contributed by atoms with Gasteiger partial charge in [0.1, 0.15) is 6.54 Å². The number of aryl methyl sites for hydroxylation is 1. The Hall–Kier alpha value is -1.15. The highest BCUT2D eigenvalue weighted by molar-refractivity contribution is 9.10. The fourth-order valence-corrected chi connectivity index (χ4v) is 1.82. The number of carbonyl (C=O) groups excluding carboxylic acids is 1. The molecular formula is C10H16BrN5OS. The number of aromatic nitrogens is 2. The highest BCUT2D eigenvalue weighted by Crippen LogP contribution is 2.19. The molecule has 1 heterocycles. The minimum Gasteiger partial charge on any atom is -0.362 e. The van der Waals surface area contributed by atoms with Crippen molar-refractivity contribution in [1.82, 2.24) is 25.9 Å². The molecule has 0 unspecified atom stereocenters. The Morgan fingerprint density at radius 2 is 2.11 bits per heavy atom. The largest absolute Gasteiger partial charge is 0.362 e. The predicted molar refractivity (Wildman–Crippen MR) is 77.0 cm³/mol. The van der Waals surface area contributed by atoms with E-state index in [-0.39, 0.29) is 12.5 Å². The molecular weight excluding hydrogens is 318 g/mol. The van der Waals surface area contributed by atoms with Crippen LogP contribution < -0.4 is 16.2 Å². The highest BCUT2D eigenvalue weighted by Gasteiger charge is 2.11. The van der Waals surface area contributed by atoms with E-state index in [9.17, 15) is 4.79 Å². The van der Waals surface area contributed by atoms with Crippen molar-refractivity contribution in [2.75, 3.05) is 6.54 Å². The number of thiocarbonyl (C=S) groups is 1. The Bertz CT molecular complexity index is 459. The van der Waals surface area contributed by atoms with Crippen LogP contribution in [-0.4, -0.2) is 27.3 Å². The molecule has 0 radical (unpaired) electrons. The van der Waals surface area contributed by atoms with Gasteiger partial charge in [0.05, 0.1) is 15.9 Å². The molecule has 0 aromatic carbocycles. The van der Waals surface area contributed by atoms with Crippen molar-refractivity contribution < 1.29 is 4.79 Å². The van der Waals surface area contributed by atoms with E-state index < -0.39 is 0 Å². The zero-order valence-electron chi connectivity index (χ0n) is 10.5. The van der Waals surface area contributed by atoms with Crippen LogP contribution in [0.25, 0.3) is 0 Å². The maximum absolute atomic E-state index is 11.7. The van der Waals surface area contributed by atoms with Crippen molar-refractivity contribution in [3.8, 4) is 0 Å². The van der Waals surface area contributed by atoms with Gasteiger partial charge in [0.2, 0.25) is 0 Å². The molecule has 3 N–H and O–H groups in total. The summed E-state index contributed by atoms with van der Waals surface area (Å²) in [6, 6.07) is 0. The van der Waals surface area contributed by atoms with Gasteiger partial charge in [-0.05, 0) is 48.9 Å². The maximum atomic E-state index is 11.7. The Balaban J connectivity index is 2.50. The molecule has 0 aliphatic heterocycles. The van der Waals surface area contributed by atoms with Crippen LogP contribution in [0.5, 0.6) is 0 Å². The molecule has 8 heteroatoms. The SMILES string of the molecule is CCNC(=S)NNC(=O)Cn1nc(C)c(Br)c1C. The van der Waals surface area contributed by atoms with Crippen LogP contribution in [0, 0.1) is 13.8 Å². The normalized spacial score (nSPS) is 10.0. The molecule has 0 spiro atoms. The second kappa shape index (κ2) is 6.69. The molecule has 1 aromatic rings. The number of nitrogens with one attached hydrogen (secondary N) is 3. The molecule has 6 nitrogen and oxygen atoms in total. The van der Waals surface area contributed by atoms with Crippen molar-refractivity contribution in [3.05, 3.63) is 15.9 Å². The van der Waals surface area contributed by atoms with Crippen LogP contribution in [-0.2, 0) is 11.3 Å². The number of halogens is 1. The average molecular weight is 334 g/mol. The van der Waals surface area contributed by atoms with E-state index in [1.54, 1.807) is 4.68 Å². The van der Waals surface area contributed by atoms with Gasteiger partial charge in [-0.2, -0.15) is 5.10 Å². The Morgan fingerprint density at radius 3 is 2.61 bits per heavy atom. The molecule has 0 bridgehead atoms. The van der Waals surface area contributed by atoms with Crippen LogP contribution in [0.15, 0.2) is 4.47 Å². The van der Waals surface area contributed by atoms with Crippen LogP contribution in [0.4, 0.5) is 0 Å². The summed E-state index contributed by atoms with van der Waals surface area (Å²) in [5, 5.41) is 7.50. The third-order valence-electron chi connectivity index (χ3n) is 2.24. The number of hydrogen-bond acceptors (Lipinski definition) is 3. The smallest absolute Gasteiger partial charge is 0.260 e. The fourth-order valence-electron chi connectivity index (χ4n) is 1.34. The molecule has 0 aliphatic rings. The van der Waals surface area contributed by atoms with Crippen molar-refractivity contribution in [2.24, 2.45) is 0 Å². The number of hydrazine groups is 1. The summed E-state index contributed by atoms with van der Waals surface area (Å²) in [7, 11) is 0. The van der Waals surface area contributed by atoms with Gasteiger partial charge in [0.25, 0.3) is 5.91 Å². The highest BCUT2D eigenvalue weighted by atomic mass is 79.9. The van der Waals surface area contributed by atoms with Gasteiger partial charge in [-0.15, -0.1) is 0 Å². The second-order valence-electron chi connectivity index (χ2n) is 3.68. The van der Waals surface area contributed by atoms with E-state index in [1.165, 1.54) is 0 Å². The number of nitrogens with zero attached hydrogens (tertiary/aromatic N) is 2. The lowest BCUT2D eigenvalue weighted by atomic mass is 10.4. The van der Waals surface area contributed by atoms with Crippen molar-refractivity contribution in [1.29, 1.82) is 0 Å². The summed E-state index contributed by atoms with van der Waals surface area (Å²) in [4.78, 5) is 11.7. The van der Waals surface area contributed by atoms with E-state index in [4.69, 9.17) is 12.2 Å². The van der Waals surface area contributed by atoms with Gasteiger partial charge in [0, 0.05) is 6.54 Å². The van der Waals surface area contributed by atoms with Crippen LogP contribution >= 0.6 is 28.1 Å². The van der Waals surface area contributed by atoms with Gasteiger partial charge < -0.3 is 5.32 Å². The minimum atomic E-state index is -0.214. The zero-order chi connectivity index (χ0) is 13.7. The molecule has 0 fully saturated rings. The van der Waals surface area contributed by atoms with Crippen molar-refractivity contribution in [2.45, 2.75) is 27.3 Å². The van der Waals surface area contributed by atoms with Gasteiger partial charge >= 0.3 is 0 Å². The molecule has 0 aliphatic carbocycles. The van der Waals surface area contributed by atoms with Gasteiger partial charge in [-0.1, -0.05) is 0 Å². The number of carbonyl (C=O) groups is 1. The van der Waals surface area contributed by atoms with E-state index in [0.717, 1.165) is 15.9 Å². The summed E-state index contributed by atoms with van der Waals surface area (Å²) in [5.41, 5.74) is 6.89. The average Bonchev–Trinajstić information content (AvgIpc) is 2.55. The minimum absolute atomic E-state index is 0.139. The van der Waals surface area contributed by atoms with Crippen LogP contribution in [0.3, 0.4) is 0 Å². The first-order chi connectivity index (χ1) is 8.45. The molecule has 0 atom stereocenters. The lowest BCUT2D eigenvalue weighted by molar-refractivity contribution is -0.122. The summed E-state index contributed by atoms with van der Waals surface area (Å²) in [5.74, 6) is -0.214. The monoisotopic (exact) mass is 333 g/mol. The topological polar surface area (TPSA) is 71.0 Å². The third kappa shape index (κ3) is 3.95. The number of amides is 1. The lowest BCUT2D eigenvalue weighted by Gasteiger charge is -2.10. The first-order valence-electron chi connectivity index (χ1n) is 5.47. The zero-order valence-corrected chi connectivity index (χ0v) is 12.9. The first-order valence-corrected chi connectivity index (χ1v) is 6.68. The van der Waals surface area contributed by atoms with Gasteiger partial charge in [-0.3, -0.25) is 20.3 Å². The van der Waals surface area contributed by atoms with E-state index in [2.05, 4.69) is 37.2 Å². The standard InChI is InChI=1S/C10H16BrN5OS/c1-4-12-10(18)14-13-8(17)5-16-7(3)9(11)6(2)15-16/h4-5H2,1-3H3,(H,13,17)(H2,12,14,18). The Kier molecular flexibility index (Phi) is 5.54. The summed E-state index contributed by atoms with van der Waals surface area (Å²) < 4.78 is 2.55. The van der Waals surface area contributed by atoms with Gasteiger partial charge in [-0.25, -0.2) is 0 Å². The molecule has 1 rings (SSSR count). The molecule has 100 valence electrons. The molecule has 1 amide bonds. The summed E-state index contributed by atoms with van der Waals surface area (Å²) in [6.45, 7) is 6.54. The molecule has 0 saturated heterocycles. The maximum Gasteiger partial charge on any atom is 0.260 e. The van der Waals surface area contributed by atoms with Crippen molar-refractivity contribution >= 4 is 39.2 Å². The number of rotatable bonds is 3. The second-order valence-corrected chi connectivity index (χ2v) is 4.88. The van der Waals surface area contributed by atoms with Crippen molar-refractivity contribution in [3.63, 3.8) is 0 Å².